The van der Waals surface area contributed by atoms with Crippen molar-refractivity contribution in [3.63, 3.8) is 0 Å². The highest BCUT2D eigenvalue weighted by molar-refractivity contribution is 9.28. The maximum Gasteiger partial charge on any atom is 0.185 e. The normalized spacial score (nSPS) is 17.6. The molecule has 1 fully saturated rings. The molecule has 1 aliphatic heterocycles. The van der Waals surface area contributed by atoms with Crippen LogP contribution >= 0.6 is 43.2 Å². The van der Waals surface area contributed by atoms with E-state index >= 15 is 0 Å². The first-order valence-corrected chi connectivity index (χ1v) is 7.53. The van der Waals surface area contributed by atoms with Gasteiger partial charge in [-0.25, -0.2) is 4.98 Å². The number of likely N-dealkylation sites (N-methyl/N-ethyl adjacent to an activating group) is 1. The van der Waals surface area contributed by atoms with Crippen LogP contribution in [0.3, 0.4) is 0 Å². The molecular formula is C10H13Br2N3S. The molecular weight excluding hydrogens is 354 g/mol. The van der Waals surface area contributed by atoms with E-state index in [9.17, 15) is 0 Å². The van der Waals surface area contributed by atoms with Gasteiger partial charge in [-0.2, -0.15) is 0 Å². The van der Waals surface area contributed by atoms with Gasteiger partial charge >= 0.3 is 0 Å². The molecule has 6 heteroatoms. The van der Waals surface area contributed by atoms with E-state index in [4.69, 9.17) is 0 Å². The standard InChI is InChI=1S/C10H13Br2N3S/c1-14-2-4-15(5-3-14)10-13-8(7-16-10)6-9(11)12/h6-7H,2-5H2,1H3. The molecule has 0 N–H and O–H groups in total. The number of nitrogens with zero attached hydrogens (tertiary/aromatic N) is 3. The second-order valence-corrected chi connectivity index (χ2v) is 7.39. The van der Waals surface area contributed by atoms with Gasteiger partial charge in [0, 0.05) is 31.6 Å². The van der Waals surface area contributed by atoms with Crippen LogP contribution < -0.4 is 4.90 Å². The highest BCUT2D eigenvalue weighted by Gasteiger charge is 2.16. The van der Waals surface area contributed by atoms with Crippen LogP contribution in [0.4, 0.5) is 5.13 Å². The lowest BCUT2D eigenvalue weighted by molar-refractivity contribution is 0.312. The molecule has 16 heavy (non-hydrogen) atoms. The monoisotopic (exact) mass is 365 g/mol. The first-order valence-electron chi connectivity index (χ1n) is 5.07. The van der Waals surface area contributed by atoms with Crippen LogP contribution in [0.25, 0.3) is 6.08 Å². The number of rotatable bonds is 2. The quantitative estimate of drug-likeness (QED) is 0.802. The highest BCUT2D eigenvalue weighted by atomic mass is 79.9. The van der Waals surface area contributed by atoms with Gasteiger partial charge in [0.2, 0.25) is 0 Å². The molecule has 0 radical (unpaired) electrons. The van der Waals surface area contributed by atoms with E-state index in [1.54, 1.807) is 11.3 Å². The molecule has 0 aliphatic carbocycles. The lowest BCUT2D eigenvalue weighted by Crippen LogP contribution is -2.44. The fourth-order valence-corrected chi connectivity index (χ4v) is 2.90. The van der Waals surface area contributed by atoms with Gasteiger partial charge in [0.15, 0.2) is 5.13 Å². The van der Waals surface area contributed by atoms with E-state index in [0.717, 1.165) is 40.4 Å². The van der Waals surface area contributed by atoms with Crippen LogP contribution in [0.1, 0.15) is 5.69 Å². The van der Waals surface area contributed by atoms with Crippen LogP contribution in [0.5, 0.6) is 0 Å². The van der Waals surface area contributed by atoms with Crippen molar-refractivity contribution in [3.05, 3.63) is 14.5 Å². The van der Waals surface area contributed by atoms with E-state index in [2.05, 4.69) is 59.1 Å². The fourth-order valence-electron chi connectivity index (χ4n) is 1.60. The zero-order chi connectivity index (χ0) is 11.5. The van der Waals surface area contributed by atoms with Gasteiger partial charge in [0.05, 0.1) is 9.09 Å². The molecule has 0 atom stereocenters. The average molecular weight is 367 g/mol. The van der Waals surface area contributed by atoms with Crippen LogP contribution in [-0.2, 0) is 0 Å². The Morgan fingerprint density at radius 1 is 1.38 bits per heavy atom. The molecule has 1 aromatic heterocycles. The minimum atomic E-state index is 0.926. The minimum Gasteiger partial charge on any atom is -0.346 e. The molecule has 1 aromatic rings. The lowest BCUT2D eigenvalue weighted by Gasteiger charge is -2.32. The average Bonchev–Trinajstić information content (AvgIpc) is 2.66. The summed E-state index contributed by atoms with van der Waals surface area (Å²) >= 11 is 8.40. The predicted octanol–water partition coefficient (Wildman–Crippen LogP) is 2.98. The highest BCUT2D eigenvalue weighted by Crippen LogP contribution is 2.25. The Kier molecular flexibility index (Phi) is 4.41. The van der Waals surface area contributed by atoms with Crippen LogP contribution in [0.2, 0.25) is 0 Å². The van der Waals surface area contributed by atoms with E-state index in [1.165, 1.54) is 0 Å². The van der Waals surface area contributed by atoms with Crippen LogP contribution in [0, 0.1) is 0 Å². The number of hydrogen-bond acceptors (Lipinski definition) is 4. The van der Waals surface area contributed by atoms with Crippen molar-refractivity contribution in [2.75, 3.05) is 38.1 Å². The number of halogens is 2. The third-order valence-corrected chi connectivity index (χ3v) is 3.92. The summed E-state index contributed by atoms with van der Waals surface area (Å²) in [5, 5.41) is 3.21. The smallest absolute Gasteiger partial charge is 0.185 e. The van der Waals surface area contributed by atoms with E-state index < -0.39 is 0 Å². The fraction of sp³-hybridized carbons (Fsp3) is 0.500. The Balaban J connectivity index is 2.04. The largest absolute Gasteiger partial charge is 0.346 e. The summed E-state index contributed by atoms with van der Waals surface area (Å²) in [6.45, 7) is 4.38. The summed E-state index contributed by atoms with van der Waals surface area (Å²) in [5.74, 6) is 0. The van der Waals surface area contributed by atoms with Gasteiger partial charge in [0.1, 0.15) is 0 Å². The molecule has 3 nitrogen and oxygen atoms in total. The summed E-state index contributed by atoms with van der Waals surface area (Å²) in [6, 6.07) is 0. The molecule has 1 saturated heterocycles. The third-order valence-electron chi connectivity index (χ3n) is 2.54. The zero-order valence-corrected chi connectivity index (χ0v) is 13.0. The SMILES string of the molecule is CN1CCN(c2nc(C=C(Br)Br)cs2)CC1. The Morgan fingerprint density at radius 3 is 2.69 bits per heavy atom. The molecule has 2 heterocycles. The number of piperazine rings is 1. The molecule has 0 unspecified atom stereocenters. The zero-order valence-electron chi connectivity index (χ0n) is 8.99. The molecule has 0 aromatic carbocycles. The summed E-state index contributed by atoms with van der Waals surface area (Å²) in [5.41, 5.74) is 1.00. The molecule has 88 valence electrons. The second-order valence-electron chi connectivity index (χ2n) is 3.78. The van der Waals surface area contributed by atoms with Gasteiger partial charge < -0.3 is 9.80 Å². The van der Waals surface area contributed by atoms with Crippen molar-refractivity contribution in [2.45, 2.75) is 0 Å². The van der Waals surface area contributed by atoms with Crippen molar-refractivity contribution in [1.29, 1.82) is 0 Å². The van der Waals surface area contributed by atoms with E-state index in [1.807, 2.05) is 6.08 Å². The topological polar surface area (TPSA) is 19.4 Å². The first-order chi connectivity index (χ1) is 7.65. The van der Waals surface area contributed by atoms with Gasteiger partial charge in [0.25, 0.3) is 0 Å². The summed E-state index contributed by atoms with van der Waals surface area (Å²) in [7, 11) is 2.16. The minimum absolute atomic E-state index is 0.926. The van der Waals surface area contributed by atoms with E-state index in [-0.39, 0.29) is 0 Å². The number of thiazole rings is 1. The maximum absolute atomic E-state index is 4.59. The van der Waals surface area contributed by atoms with Crippen molar-refractivity contribution in [1.82, 2.24) is 9.88 Å². The predicted molar refractivity (Wildman–Crippen MR) is 77.7 cm³/mol. The molecule has 0 amide bonds. The maximum atomic E-state index is 4.59. The van der Waals surface area contributed by atoms with Crippen molar-refractivity contribution >= 4 is 54.4 Å². The van der Waals surface area contributed by atoms with Crippen molar-refractivity contribution in [3.8, 4) is 0 Å². The Labute approximate surface area is 116 Å². The van der Waals surface area contributed by atoms with Crippen LogP contribution in [0.15, 0.2) is 8.77 Å². The first kappa shape index (κ1) is 12.5. The molecule has 0 saturated carbocycles. The second kappa shape index (κ2) is 5.62. The molecule has 0 bridgehead atoms. The van der Waals surface area contributed by atoms with Gasteiger partial charge in [-0.15, -0.1) is 11.3 Å². The number of anilines is 1. The van der Waals surface area contributed by atoms with Crippen molar-refractivity contribution < 1.29 is 0 Å². The number of hydrogen-bond donors (Lipinski definition) is 0. The lowest BCUT2D eigenvalue weighted by atomic mass is 10.3. The van der Waals surface area contributed by atoms with Crippen LogP contribution in [-0.4, -0.2) is 43.1 Å². The van der Waals surface area contributed by atoms with E-state index in [0.29, 0.717) is 0 Å². The summed E-state index contributed by atoms with van der Waals surface area (Å²) < 4.78 is 0.926. The number of aromatic nitrogens is 1. The van der Waals surface area contributed by atoms with Gasteiger partial charge in [-0.3, -0.25) is 0 Å². The van der Waals surface area contributed by atoms with Gasteiger partial charge in [-0.05, 0) is 45.0 Å². The van der Waals surface area contributed by atoms with Gasteiger partial charge in [-0.1, -0.05) is 0 Å². The summed E-state index contributed by atoms with van der Waals surface area (Å²) in [6.07, 6.45) is 1.97. The summed E-state index contributed by atoms with van der Waals surface area (Å²) in [4.78, 5) is 9.29. The Morgan fingerprint density at radius 2 is 2.06 bits per heavy atom. The molecule has 1 aliphatic rings. The third kappa shape index (κ3) is 3.29. The molecule has 0 spiro atoms. The Hall–Kier alpha value is 0.0900. The molecule has 2 rings (SSSR count). The Bertz CT molecular complexity index is 379. The van der Waals surface area contributed by atoms with Crippen molar-refractivity contribution in [2.24, 2.45) is 0 Å².